The van der Waals surface area contributed by atoms with E-state index in [9.17, 15) is 4.79 Å². The Hall–Kier alpha value is -1.43. The topological polar surface area (TPSA) is 91.2 Å². The highest BCUT2D eigenvalue weighted by molar-refractivity contribution is 7.98. The molecule has 0 radical (unpaired) electrons. The Labute approximate surface area is 85.8 Å². The summed E-state index contributed by atoms with van der Waals surface area (Å²) in [4.78, 5) is 14.9. The second kappa shape index (κ2) is 4.19. The van der Waals surface area contributed by atoms with Crippen molar-refractivity contribution in [3.63, 3.8) is 0 Å². The number of hydrogen-bond acceptors (Lipinski definition) is 5. The molecular formula is C8H11N3O2S. The van der Waals surface area contributed by atoms with Gasteiger partial charge >= 0.3 is 0 Å². The molecule has 0 unspecified atom stereocenters. The maximum Gasteiger partial charge on any atom is 0.269 e. The minimum absolute atomic E-state index is 0.0788. The van der Waals surface area contributed by atoms with E-state index in [1.807, 2.05) is 6.26 Å². The first-order valence-electron chi connectivity index (χ1n) is 3.78. The molecule has 1 aromatic rings. The summed E-state index contributed by atoms with van der Waals surface area (Å²) < 4.78 is 5.04. The molecule has 0 saturated heterocycles. The van der Waals surface area contributed by atoms with E-state index in [-0.39, 0.29) is 11.4 Å². The van der Waals surface area contributed by atoms with Gasteiger partial charge in [-0.2, -0.15) is 0 Å². The Morgan fingerprint density at radius 1 is 1.64 bits per heavy atom. The average Bonchev–Trinajstić information content (AvgIpc) is 2.16. The van der Waals surface area contributed by atoms with Gasteiger partial charge in [0, 0.05) is 6.07 Å². The smallest absolute Gasteiger partial charge is 0.269 e. The normalized spacial score (nSPS) is 9.86. The molecule has 0 atom stereocenters. The summed E-state index contributed by atoms with van der Waals surface area (Å²) in [5, 5.41) is 0.593. The number of aromatic nitrogens is 1. The zero-order chi connectivity index (χ0) is 10.7. The number of methoxy groups -OCH3 is 1. The number of nitrogens with two attached hydrogens (primary N) is 2. The third-order valence-electron chi connectivity index (χ3n) is 1.63. The van der Waals surface area contributed by atoms with Crippen molar-refractivity contribution in [2.45, 2.75) is 5.03 Å². The lowest BCUT2D eigenvalue weighted by Crippen LogP contribution is -2.16. The van der Waals surface area contributed by atoms with E-state index in [0.29, 0.717) is 10.8 Å². The molecule has 0 spiro atoms. The van der Waals surface area contributed by atoms with Crippen molar-refractivity contribution in [3.8, 4) is 5.75 Å². The van der Waals surface area contributed by atoms with Crippen LogP contribution in [0.2, 0.25) is 0 Å². The molecule has 0 aliphatic carbocycles. The molecule has 0 aliphatic heterocycles. The van der Waals surface area contributed by atoms with E-state index >= 15 is 0 Å². The quantitative estimate of drug-likeness (QED) is 0.713. The zero-order valence-electron chi connectivity index (χ0n) is 7.90. The molecule has 1 heterocycles. The standard InChI is InChI=1S/C8H11N3O2S/c1-13-5-3-4(9)6(7(10)12)11-8(5)14-2/h3H,9H2,1-2H3,(H2,10,12). The van der Waals surface area contributed by atoms with Gasteiger partial charge in [-0.05, 0) is 6.26 Å². The molecular weight excluding hydrogens is 202 g/mol. The third-order valence-corrected chi connectivity index (χ3v) is 2.31. The number of carbonyl (C=O) groups is 1. The summed E-state index contributed by atoms with van der Waals surface area (Å²) in [5.41, 5.74) is 11.0. The fourth-order valence-electron chi connectivity index (χ4n) is 0.982. The monoisotopic (exact) mass is 213 g/mol. The van der Waals surface area contributed by atoms with E-state index in [1.54, 1.807) is 6.07 Å². The Morgan fingerprint density at radius 3 is 2.71 bits per heavy atom. The van der Waals surface area contributed by atoms with E-state index in [4.69, 9.17) is 16.2 Å². The Bertz CT molecular complexity index is 368. The van der Waals surface area contributed by atoms with Crippen LogP contribution in [0.4, 0.5) is 5.69 Å². The number of ether oxygens (including phenoxy) is 1. The highest BCUT2D eigenvalue weighted by Gasteiger charge is 2.13. The van der Waals surface area contributed by atoms with Crippen molar-refractivity contribution in [3.05, 3.63) is 11.8 Å². The Kier molecular flexibility index (Phi) is 3.19. The van der Waals surface area contributed by atoms with E-state index in [2.05, 4.69) is 4.98 Å². The maximum atomic E-state index is 10.9. The van der Waals surface area contributed by atoms with Gasteiger partial charge in [0.25, 0.3) is 5.91 Å². The lowest BCUT2D eigenvalue weighted by molar-refractivity contribution is 0.0996. The van der Waals surface area contributed by atoms with Crippen molar-refractivity contribution in [2.75, 3.05) is 19.1 Å². The van der Waals surface area contributed by atoms with Crippen molar-refractivity contribution in [1.82, 2.24) is 4.98 Å². The predicted octanol–water partition coefficient (Wildman–Crippen LogP) is 0.493. The summed E-state index contributed by atoms with van der Waals surface area (Å²) in [5.74, 6) is -0.0968. The fraction of sp³-hybridized carbons (Fsp3) is 0.250. The summed E-state index contributed by atoms with van der Waals surface area (Å²) in [6, 6.07) is 1.54. The van der Waals surface area contributed by atoms with Crippen LogP contribution in [0.1, 0.15) is 10.5 Å². The van der Waals surface area contributed by atoms with Crippen molar-refractivity contribution in [2.24, 2.45) is 5.73 Å². The molecule has 1 rings (SSSR count). The third kappa shape index (κ3) is 1.90. The van der Waals surface area contributed by atoms with Gasteiger partial charge in [-0.15, -0.1) is 11.8 Å². The first-order chi connectivity index (χ1) is 6.60. The average molecular weight is 213 g/mol. The van der Waals surface area contributed by atoms with Gasteiger partial charge in [0.2, 0.25) is 0 Å². The predicted molar refractivity (Wildman–Crippen MR) is 55.5 cm³/mol. The summed E-state index contributed by atoms with van der Waals surface area (Å²) in [6.45, 7) is 0. The van der Waals surface area contributed by atoms with Crippen molar-refractivity contribution in [1.29, 1.82) is 0 Å². The molecule has 0 bridgehead atoms. The zero-order valence-corrected chi connectivity index (χ0v) is 8.72. The molecule has 0 saturated carbocycles. The van der Waals surface area contributed by atoms with E-state index in [0.717, 1.165) is 0 Å². The second-order valence-corrected chi connectivity index (χ2v) is 3.30. The number of rotatable bonds is 3. The van der Waals surface area contributed by atoms with Crippen LogP contribution >= 0.6 is 11.8 Å². The minimum atomic E-state index is -0.638. The van der Waals surface area contributed by atoms with Crippen LogP contribution in [-0.2, 0) is 0 Å². The minimum Gasteiger partial charge on any atom is -0.494 e. The maximum absolute atomic E-state index is 10.9. The van der Waals surface area contributed by atoms with Crippen LogP contribution in [-0.4, -0.2) is 24.3 Å². The van der Waals surface area contributed by atoms with Gasteiger partial charge in [0.15, 0.2) is 11.4 Å². The Balaban J connectivity index is 3.30. The van der Waals surface area contributed by atoms with Crippen LogP contribution in [0.5, 0.6) is 5.75 Å². The van der Waals surface area contributed by atoms with Gasteiger partial charge in [0.1, 0.15) is 5.03 Å². The SMILES string of the molecule is COc1cc(N)c(C(N)=O)nc1SC. The van der Waals surface area contributed by atoms with Gasteiger partial charge in [0.05, 0.1) is 12.8 Å². The largest absolute Gasteiger partial charge is 0.494 e. The number of nitrogen functional groups attached to an aromatic ring is 1. The van der Waals surface area contributed by atoms with Crippen molar-refractivity contribution < 1.29 is 9.53 Å². The summed E-state index contributed by atoms with van der Waals surface area (Å²) in [7, 11) is 1.51. The number of anilines is 1. The van der Waals surface area contributed by atoms with Gasteiger partial charge < -0.3 is 16.2 Å². The number of carbonyl (C=O) groups excluding carboxylic acids is 1. The Morgan fingerprint density at radius 2 is 2.29 bits per heavy atom. The fourth-order valence-corrected chi connectivity index (χ4v) is 1.51. The van der Waals surface area contributed by atoms with Crippen LogP contribution in [0.3, 0.4) is 0 Å². The van der Waals surface area contributed by atoms with Gasteiger partial charge in [-0.1, -0.05) is 0 Å². The number of thioether (sulfide) groups is 1. The van der Waals surface area contributed by atoms with Gasteiger partial charge in [-0.3, -0.25) is 4.79 Å². The van der Waals surface area contributed by atoms with E-state index < -0.39 is 5.91 Å². The molecule has 1 aromatic heterocycles. The molecule has 0 aliphatic rings. The molecule has 4 N–H and O–H groups in total. The summed E-state index contributed by atoms with van der Waals surface area (Å²) in [6.07, 6.45) is 1.83. The summed E-state index contributed by atoms with van der Waals surface area (Å²) >= 11 is 1.36. The molecule has 1 amide bonds. The van der Waals surface area contributed by atoms with Crippen LogP contribution in [0.15, 0.2) is 11.1 Å². The number of primary amides is 1. The molecule has 76 valence electrons. The molecule has 6 heteroatoms. The first kappa shape index (κ1) is 10.6. The number of pyridine rings is 1. The first-order valence-corrected chi connectivity index (χ1v) is 5.01. The lowest BCUT2D eigenvalue weighted by atomic mass is 10.3. The van der Waals surface area contributed by atoms with Crippen LogP contribution in [0.25, 0.3) is 0 Å². The highest BCUT2D eigenvalue weighted by Crippen LogP contribution is 2.28. The molecule has 5 nitrogen and oxygen atoms in total. The number of nitrogens with zero attached hydrogens (tertiary/aromatic N) is 1. The van der Waals surface area contributed by atoms with Crippen molar-refractivity contribution >= 4 is 23.4 Å². The molecule has 0 aromatic carbocycles. The number of amides is 1. The second-order valence-electron chi connectivity index (χ2n) is 2.50. The molecule has 0 fully saturated rings. The van der Waals surface area contributed by atoms with Crippen LogP contribution in [0, 0.1) is 0 Å². The lowest BCUT2D eigenvalue weighted by Gasteiger charge is -2.08. The van der Waals surface area contributed by atoms with Crippen LogP contribution < -0.4 is 16.2 Å². The van der Waals surface area contributed by atoms with Gasteiger partial charge in [-0.25, -0.2) is 4.98 Å². The molecule has 14 heavy (non-hydrogen) atoms. The number of hydrogen-bond donors (Lipinski definition) is 2. The van der Waals surface area contributed by atoms with E-state index in [1.165, 1.54) is 18.9 Å². The highest BCUT2D eigenvalue weighted by atomic mass is 32.2.